The van der Waals surface area contributed by atoms with Gasteiger partial charge in [0.15, 0.2) is 0 Å². The Bertz CT molecular complexity index is 751. The molecule has 21 heavy (non-hydrogen) atoms. The van der Waals surface area contributed by atoms with E-state index in [1.54, 1.807) is 0 Å². The largest absolute Gasteiger partial charge is 0.330 e. The average molecular weight is 279 g/mol. The fourth-order valence-corrected chi connectivity index (χ4v) is 2.88. The number of aryl methyl sites for hydroxylation is 2. The molecular weight excluding hydrogens is 258 g/mol. The third kappa shape index (κ3) is 2.57. The molecule has 3 rings (SSSR count). The highest BCUT2D eigenvalue weighted by molar-refractivity contribution is 5.76. The molecule has 1 heterocycles. The molecular formula is C18H21N3. The molecule has 0 spiro atoms. The van der Waals surface area contributed by atoms with Crippen LogP contribution in [0.15, 0.2) is 42.5 Å². The summed E-state index contributed by atoms with van der Waals surface area (Å²) in [5, 5.41) is 0. The first kappa shape index (κ1) is 13.8. The first-order chi connectivity index (χ1) is 10.2. The number of benzene rings is 2. The Morgan fingerprint density at radius 3 is 2.43 bits per heavy atom. The molecule has 0 unspecified atom stereocenters. The summed E-state index contributed by atoms with van der Waals surface area (Å²) in [6, 6.07) is 14.8. The third-order valence-electron chi connectivity index (χ3n) is 4.06. The van der Waals surface area contributed by atoms with E-state index in [1.807, 2.05) is 6.07 Å². The number of aromatic nitrogens is 2. The summed E-state index contributed by atoms with van der Waals surface area (Å²) in [7, 11) is 0. The van der Waals surface area contributed by atoms with E-state index in [2.05, 4.69) is 54.8 Å². The number of fused-ring (bicyclic) bond motifs is 1. The van der Waals surface area contributed by atoms with Gasteiger partial charge >= 0.3 is 0 Å². The van der Waals surface area contributed by atoms with E-state index in [-0.39, 0.29) is 0 Å². The minimum absolute atomic E-state index is 0.621. The van der Waals surface area contributed by atoms with E-state index >= 15 is 0 Å². The van der Waals surface area contributed by atoms with Gasteiger partial charge in [0.05, 0.1) is 11.0 Å². The van der Waals surface area contributed by atoms with Crippen molar-refractivity contribution in [3.63, 3.8) is 0 Å². The fourth-order valence-electron chi connectivity index (χ4n) is 2.88. The van der Waals surface area contributed by atoms with Crippen LogP contribution in [0.2, 0.25) is 0 Å². The van der Waals surface area contributed by atoms with Crippen LogP contribution in [-0.4, -0.2) is 16.1 Å². The molecule has 3 heteroatoms. The van der Waals surface area contributed by atoms with Crippen LogP contribution in [0.1, 0.15) is 22.5 Å². The van der Waals surface area contributed by atoms with E-state index in [1.165, 1.54) is 22.2 Å². The Kier molecular flexibility index (Phi) is 3.76. The summed E-state index contributed by atoms with van der Waals surface area (Å²) in [4.78, 5) is 4.74. The number of para-hydroxylation sites is 2. The highest BCUT2D eigenvalue weighted by Gasteiger charge is 2.12. The van der Waals surface area contributed by atoms with Gasteiger partial charge in [-0.2, -0.15) is 0 Å². The summed E-state index contributed by atoms with van der Waals surface area (Å²) in [6.45, 7) is 5.82. The molecule has 2 N–H and O–H groups in total. The summed E-state index contributed by atoms with van der Waals surface area (Å²) in [5.41, 5.74) is 12.0. The Balaban J connectivity index is 2.12. The van der Waals surface area contributed by atoms with Gasteiger partial charge in [0.25, 0.3) is 0 Å². The summed E-state index contributed by atoms with van der Waals surface area (Å²) >= 11 is 0. The van der Waals surface area contributed by atoms with Crippen molar-refractivity contribution in [3.8, 4) is 0 Å². The monoisotopic (exact) mass is 279 g/mol. The standard InChI is InChI=1S/C18H21N3/c1-13-6-5-7-14(2)15(13)12-21-17-9-4-3-8-16(17)20-18(21)10-11-19/h3-9H,10-12,19H2,1-2H3. The van der Waals surface area contributed by atoms with Crippen LogP contribution in [0.5, 0.6) is 0 Å². The second-order valence-corrected chi connectivity index (χ2v) is 5.51. The maximum absolute atomic E-state index is 5.75. The molecule has 3 nitrogen and oxygen atoms in total. The minimum atomic E-state index is 0.621. The predicted molar refractivity (Wildman–Crippen MR) is 87.5 cm³/mol. The van der Waals surface area contributed by atoms with E-state index in [0.29, 0.717) is 6.54 Å². The molecule has 2 aromatic carbocycles. The van der Waals surface area contributed by atoms with Gasteiger partial charge in [-0.25, -0.2) is 4.98 Å². The maximum atomic E-state index is 5.75. The van der Waals surface area contributed by atoms with Crippen molar-refractivity contribution >= 4 is 11.0 Å². The molecule has 108 valence electrons. The third-order valence-corrected chi connectivity index (χ3v) is 4.06. The van der Waals surface area contributed by atoms with Crippen molar-refractivity contribution in [2.75, 3.05) is 6.54 Å². The summed E-state index contributed by atoms with van der Waals surface area (Å²) < 4.78 is 2.30. The summed E-state index contributed by atoms with van der Waals surface area (Å²) in [5.74, 6) is 1.07. The molecule has 0 aliphatic carbocycles. The van der Waals surface area contributed by atoms with Crippen LogP contribution in [0.3, 0.4) is 0 Å². The van der Waals surface area contributed by atoms with Crippen molar-refractivity contribution in [1.82, 2.24) is 9.55 Å². The quantitative estimate of drug-likeness (QED) is 0.797. The lowest BCUT2D eigenvalue weighted by Gasteiger charge is -2.13. The highest BCUT2D eigenvalue weighted by Crippen LogP contribution is 2.21. The molecule has 0 aliphatic heterocycles. The smallest absolute Gasteiger partial charge is 0.111 e. The number of rotatable bonds is 4. The van der Waals surface area contributed by atoms with Crippen LogP contribution in [-0.2, 0) is 13.0 Å². The van der Waals surface area contributed by atoms with Gasteiger partial charge in [0.2, 0.25) is 0 Å². The maximum Gasteiger partial charge on any atom is 0.111 e. The number of hydrogen-bond acceptors (Lipinski definition) is 2. The SMILES string of the molecule is Cc1cccc(C)c1Cn1c(CCN)nc2ccccc21. The van der Waals surface area contributed by atoms with Crippen LogP contribution in [0.25, 0.3) is 11.0 Å². The van der Waals surface area contributed by atoms with Crippen molar-refractivity contribution in [2.24, 2.45) is 5.73 Å². The fraction of sp³-hybridized carbons (Fsp3) is 0.278. The molecule has 1 aromatic heterocycles. The van der Waals surface area contributed by atoms with Gasteiger partial charge < -0.3 is 10.3 Å². The Morgan fingerprint density at radius 1 is 1.00 bits per heavy atom. The van der Waals surface area contributed by atoms with Crippen LogP contribution < -0.4 is 5.73 Å². The normalized spacial score (nSPS) is 11.2. The number of nitrogens with zero attached hydrogens (tertiary/aromatic N) is 2. The lowest BCUT2D eigenvalue weighted by atomic mass is 10.0. The lowest BCUT2D eigenvalue weighted by Crippen LogP contribution is -2.12. The predicted octanol–water partition coefficient (Wildman–Crippen LogP) is 3.20. The topological polar surface area (TPSA) is 43.8 Å². The van der Waals surface area contributed by atoms with E-state index in [4.69, 9.17) is 10.7 Å². The van der Waals surface area contributed by atoms with Crippen molar-refractivity contribution in [2.45, 2.75) is 26.8 Å². The minimum Gasteiger partial charge on any atom is -0.330 e. The van der Waals surface area contributed by atoms with Crippen molar-refractivity contribution < 1.29 is 0 Å². The van der Waals surface area contributed by atoms with Gasteiger partial charge in [-0.3, -0.25) is 0 Å². The Morgan fingerprint density at radius 2 is 1.71 bits per heavy atom. The lowest BCUT2D eigenvalue weighted by molar-refractivity contribution is 0.729. The zero-order valence-corrected chi connectivity index (χ0v) is 12.6. The summed E-state index contributed by atoms with van der Waals surface area (Å²) in [6.07, 6.45) is 0.805. The molecule has 3 aromatic rings. The number of hydrogen-bond donors (Lipinski definition) is 1. The molecule has 0 saturated heterocycles. The molecule has 0 bridgehead atoms. The van der Waals surface area contributed by atoms with E-state index in [0.717, 1.165) is 24.3 Å². The molecule has 0 radical (unpaired) electrons. The Hall–Kier alpha value is -2.13. The second-order valence-electron chi connectivity index (χ2n) is 5.51. The van der Waals surface area contributed by atoms with Crippen LogP contribution in [0, 0.1) is 13.8 Å². The highest BCUT2D eigenvalue weighted by atomic mass is 15.1. The average Bonchev–Trinajstić information content (AvgIpc) is 2.81. The number of nitrogens with two attached hydrogens (primary N) is 1. The number of imidazole rings is 1. The van der Waals surface area contributed by atoms with Gasteiger partial charge in [-0.05, 0) is 49.2 Å². The van der Waals surface area contributed by atoms with Gasteiger partial charge in [-0.1, -0.05) is 30.3 Å². The zero-order chi connectivity index (χ0) is 14.8. The van der Waals surface area contributed by atoms with E-state index in [9.17, 15) is 0 Å². The van der Waals surface area contributed by atoms with Crippen LogP contribution >= 0.6 is 0 Å². The first-order valence-electron chi connectivity index (χ1n) is 7.40. The molecule has 0 amide bonds. The van der Waals surface area contributed by atoms with Crippen molar-refractivity contribution in [3.05, 3.63) is 65.0 Å². The molecule has 0 aliphatic rings. The van der Waals surface area contributed by atoms with E-state index < -0.39 is 0 Å². The molecule has 0 atom stereocenters. The zero-order valence-electron chi connectivity index (χ0n) is 12.6. The van der Waals surface area contributed by atoms with Gasteiger partial charge in [0.1, 0.15) is 5.82 Å². The Labute approximate surface area is 125 Å². The van der Waals surface area contributed by atoms with Crippen LogP contribution in [0.4, 0.5) is 0 Å². The first-order valence-corrected chi connectivity index (χ1v) is 7.40. The van der Waals surface area contributed by atoms with Gasteiger partial charge in [-0.15, -0.1) is 0 Å². The van der Waals surface area contributed by atoms with Gasteiger partial charge in [0, 0.05) is 13.0 Å². The second kappa shape index (κ2) is 5.70. The molecule has 0 saturated carbocycles. The molecule has 0 fully saturated rings. The van der Waals surface area contributed by atoms with Crippen molar-refractivity contribution in [1.29, 1.82) is 0 Å².